The van der Waals surface area contributed by atoms with Crippen LogP contribution >= 0.6 is 11.3 Å². The summed E-state index contributed by atoms with van der Waals surface area (Å²) < 4.78 is 0. The Labute approximate surface area is 114 Å². The van der Waals surface area contributed by atoms with E-state index in [1.807, 2.05) is 18.4 Å². The summed E-state index contributed by atoms with van der Waals surface area (Å²) in [5.41, 5.74) is 5.50. The average molecular weight is 259 g/mol. The topological polar surface area (TPSA) is 12.0 Å². The van der Waals surface area contributed by atoms with E-state index in [2.05, 4.69) is 55.7 Å². The molecule has 0 saturated carbocycles. The number of hydrogen-bond acceptors (Lipinski definition) is 2. The first-order valence-electron chi connectivity index (χ1n) is 6.42. The molecule has 1 aromatic carbocycles. The quantitative estimate of drug-likeness (QED) is 0.860. The van der Waals surface area contributed by atoms with Gasteiger partial charge in [0.25, 0.3) is 0 Å². The molecule has 1 atom stereocenters. The van der Waals surface area contributed by atoms with Gasteiger partial charge in [0, 0.05) is 11.4 Å². The van der Waals surface area contributed by atoms with Gasteiger partial charge in [-0.05, 0) is 60.5 Å². The zero-order valence-corrected chi connectivity index (χ0v) is 12.4. The minimum absolute atomic E-state index is 0.576. The van der Waals surface area contributed by atoms with Crippen LogP contribution in [0.15, 0.2) is 29.6 Å². The van der Waals surface area contributed by atoms with Crippen LogP contribution in [0.3, 0.4) is 0 Å². The summed E-state index contributed by atoms with van der Waals surface area (Å²) in [5, 5.41) is 5.52. The molecule has 2 aromatic rings. The molecule has 2 heteroatoms. The molecule has 0 amide bonds. The molecular weight excluding hydrogens is 238 g/mol. The van der Waals surface area contributed by atoms with Gasteiger partial charge in [-0.2, -0.15) is 0 Å². The van der Waals surface area contributed by atoms with E-state index >= 15 is 0 Å². The van der Waals surface area contributed by atoms with Gasteiger partial charge in [-0.1, -0.05) is 25.1 Å². The van der Waals surface area contributed by atoms with Crippen LogP contribution in [0.4, 0.5) is 0 Å². The number of hydrogen-bond donors (Lipinski definition) is 1. The van der Waals surface area contributed by atoms with E-state index in [1.54, 1.807) is 0 Å². The number of aryl methyl sites for hydroxylation is 2. The third-order valence-electron chi connectivity index (χ3n) is 3.49. The maximum Gasteiger partial charge on any atom is 0.0345 e. The van der Waals surface area contributed by atoms with Crippen molar-refractivity contribution < 1.29 is 0 Å². The molecule has 1 heterocycles. The Kier molecular flexibility index (Phi) is 4.20. The Morgan fingerprint density at radius 2 is 1.94 bits per heavy atom. The van der Waals surface area contributed by atoms with E-state index in [0.29, 0.717) is 5.92 Å². The summed E-state index contributed by atoms with van der Waals surface area (Å²) in [6, 6.07) is 9.05. The molecule has 1 N–H and O–H groups in total. The lowest BCUT2D eigenvalue weighted by Crippen LogP contribution is -2.14. The molecular formula is C16H21NS. The van der Waals surface area contributed by atoms with Crippen LogP contribution < -0.4 is 5.32 Å². The van der Waals surface area contributed by atoms with Crippen LogP contribution in [0.5, 0.6) is 0 Å². The molecule has 0 aliphatic rings. The number of likely N-dealkylation sites (N-methyl/N-ethyl adjacent to an activating group) is 1. The highest BCUT2D eigenvalue weighted by molar-refractivity contribution is 7.13. The summed E-state index contributed by atoms with van der Waals surface area (Å²) in [6.45, 7) is 7.64. The zero-order valence-electron chi connectivity index (χ0n) is 11.6. The molecule has 0 bridgehead atoms. The average Bonchev–Trinajstić information content (AvgIpc) is 2.82. The van der Waals surface area contributed by atoms with E-state index in [9.17, 15) is 0 Å². The molecule has 0 saturated heterocycles. The maximum absolute atomic E-state index is 3.24. The van der Waals surface area contributed by atoms with Crippen molar-refractivity contribution >= 4 is 11.3 Å². The van der Waals surface area contributed by atoms with Gasteiger partial charge in [0.15, 0.2) is 0 Å². The number of rotatable bonds is 4. The van der Waals surface area contributed by atoms with Gasteiger partial charge in [0.05, 0.1) is 0 Å². The summed E-state index contributed by atoms with van der Waals surface area (Å²) >= 11 is 1.84. The van der Waals surface area contributed by atoms with Crippen LogP contribution in [0.2, 0.25) is 0 Å². The fraction of sp³-hybridized carbons (Fsp3) is 0.375. The van der Waals surface area contributed by atoms with E-state index in [4.69, 9.17) is 0 Å². The second kappa shape index (κ2) is 5.68. The first-order valence-corrected chi connectivity index (χ1v) is 7.30. The standard InChI is InChI=1S/C16H21NS/c1-11-5-6-14(7-12(11)2)16-8-15(10-18-16)13(3)9-17-4/h5-8,10,13,17H,9H2,1-4H3. The lowest BCUT2D eigenvalue weighted by molar-refractivity contribution is 0.680. The van der Waals surface area contributed by atoms with Crippen LogP contribution in [-0.4, -0.2) is 13.6 Å². The monoisotopic (exact) mass is 259 g/mol. The Balaban J connectivity index is 2.26. The Morgan fingerprint density at radius 1 is 1.17 bits per heavy atom. The SMILES string of the molecule is CNCC(C)c1csc(-c2ccc(C)c(C)c2)c1. The lowest BCUT2D eigenvalue weighted by Gasteiger charge is -2.07. The van der Waals surface area contributed by atoms with Gasteiger partial charge in [-0.25, -0.2) is 0 Å². The van der Waals surface area contributed by atoms with Crippen LogP contribution in [-0.2, 0) is 0 Å². The van der Waals surface area contributed by atoms with Gasteiger partial charge in [-0.3, -0.25) is 0 Å². The number of benzene rings is 1. The van der Waals surface area contributed by atoms with E-state index < -0.39 is 0 Å². The van der Waals surface area contributed by atoms with Crippen molar-refractivity contribution in [2.75, 3.05) is 13.6 Å². The smallest absolute Gasteiger partial charge is 0.0345 e. The first kappa shape index (κ1) is 13.3. The van der Waals surface area contributed by atoms with Crippen LogP contribution in [0, 0.1) is 13.8 Å². The molecule has 1 nitrogen and oxygen atoms in total. The highest BCUT2D eigenvalue weighted by Gasteiger charge is 2.09. The molecule has 2 rings (SSSR count). The molecule has 0 spiro atoms. The number of thiophene rings is 1. The van der Waals surface area contributed by atoms with Crippen molar-refractivity contribution in [3.8, 4) is 10.4 Å². The summed E-state index contributed by atoms with van der Waals surface area (Å²) in [5.74, 6) is 0.576. The predicted molar refractivity (Wildman–Crippen MR) is 81.6 cm³/mol. The fourth-order valence-corrected chi connectivity index (χ4v) is 3.11. The predicted octanol–water partition coefficient (Wildman–Crippen LogP) is 4.35. The zero-order chi connectivity index (χ0) is 13.1. The van der Waals surface area contributed by atoms with Gasteiger partial charge in [0.1, 0.15) is 0 Å². The Bertz CT molecular complexity index is 528. The third kappa shape index (κ3) is 2.82. The Morgan fingerprint density at radius 3 is 2.61 bits per heavy atom. The molecule has 1 aromatic heterocycles. The molecule has 0 radical (unpaired) electrons. The van der Waals surface area contributed by atoms with Crippen molar-refractivity contribution in [1.82, 2.24) is 5.32 Å². The minimum Gasteiger partial charge on any atom is -0.319 e. The van der Waals surface area contributed by atoms with Gasteiger partial charge in [-0.15, -0.1) is 11.3 Å². The molecule has 96 valence electrons. The maximum atomic E-state index is 3.24. The van der Waals surface area contributed by atoms with Crippen molar-refractivity contribution in [1.29, 1.82) is 0 Å². The van der Waals surface area contributed by atoms with Crippen LogP contribution in [0.25, 0.3) is 10.4 Å². The minimum atomic E-state index is 0.576. The van der Waals surface area contributed by atoms with Crippen molar-refractivity contribution in [2.24, 2.45) is 0 Å². The summed E-state index contributed by atoms with van der Waals surface area (Å²) in [6.07, 6.45) is 0. The van der Waals surface area contributed by atoms with E-state index in [1.165, 1.54) is 27.1 Å². The van der Waals surface area contributed by atoms with Gasteiger partial charge in [0.2, 0.25) is 0 Å². The molecule has 0 aliphatic heterocycles. The second-order valence-corrected chi connectivity index (χ2v) is 5.91. The molecule has 0 aliphatic carbocycles. The molecule has 0 fully saturated rings. The lowest BCUT2D eigenvalue weighted by atomic mass is 10.0. The highest BCUT2D eigenvalue weighted by Crippen LogP contribution is 2.31. The third-order valence-corrected chi connectivity index (χ3v) is 4.49. The highest BCUT2D eigenvalue weighted by atomic mass is 32.1. The fourth-order valence-electron chi connectivity index (χ4n) is 2.08. The summed E-state index contributed by atoms with van der Waals surface area (Å²) in [4.78, 5) is 1.37. The van der Waals surface area contributed by atoms with E-state index in [0.717, 1.165) is 6.54 Å². The molecule has 18 heavy (non-hydrogen) atoms. The Hall–Kier alpha value is -1.12. The number of nitrogens with one attached hydrogen (secondary N) is 1. The first-order chi connectivity index (χ1) is 8.61. The van der Waals surface area contributed by atoms with Crippen molar-refractivity contribution in [3.63, 3.8) is 0 Å². The van der Waals surface area contributed by atoms with Crippen LogP contribution in [0.1, 0.15) is 29.5 Å². The van der Waals surface area contributed by atoms with E-state index in [-0.39, 0.29) is 0 Å². The molecule has 1 unspecified atom stereocenters. The van der Waals surface area contributed by atoms with Crippen molar-refractivity contribution in [2.45, 2.75) is 26.7 Å². The van der Waals surface area contributed by atoms with Crippen molar-refractivity contribution in [3.05, 3.63) is 46.3 Å². The van der Waals surface area contributed by atoms with Gasteiger partial charge >= 0.3 is 0 Å². The largest absolute Gasteiger partial charge is 0.319 e. The second-order valence-electron chi connectivity index (χ2n) is 5.00. The normalized spacial score (nSPS) is 12.7. The van der Waals surface area contributed by atoms with Gasteiger partial charge < -0.3 is 5.32 Å². The summed E-state index contributed by atoms with van der Waals surface area (Å²) in [7, 11) is 2.01.